The number of hydrogen-bond donors (Lipinski definition) is 1. The topological polar surface area (TPSA) is 71.4 Å². The molecule has 1 aromatic heterocycles. The minimum atomic E-state index is -0.796. The number of carbonyl (C=O) groups excluding carboxylic acids is 1. The number of amides is 1. The highest BCUT2D eigenvalue weighted by Crippen LogP contribution is 2.43. The van der Waals surface area contributed by atoms with Crippen LogP contribution in [0.4, 0.5) is 0 Å². The van der Waals surface area contributed by atoms with Crippen LogP contribution in [0.25, 0.3) is 0 Å². The lowest BCUT2D eigenvalue weighted by Gasteiger charge is -2.17. The number of aromatic nitrogens is 1. The summed E-state index contributed by atoms with van der Waals surface area (Å²) < 4.78 is 3.60. The average molecular weight is 404 g/mol. The highest BCUT2D eigenvalue weighted by Gasteiger charge is 2.28. The Labute approximate surface area is 168 Å². The van der Waals surface area contributed by atoms with E-state index in [0.717, 1.165) is 4.88 Å². The molecule has 27 heavy (non-hydrogen) atoms. The van der Waals surface area contributed by atoms with Crippen LogP contribution in [0.3, 0.4) is 0 Å². The summed E-state index contributed by atoms with van der Waals surface area (Å²) in [5, 5.41) is 3.14. The first-order valence-electron chi connectivity index (χ1n) is 9.20. The minimum absolute atomic E-state index is 0.0282. The summed E-state index contributed by atoms with van der Waals surface area (Å²) in [6, 6.07) is 6.41. The third-order valence-corrected chi connectivity index (χ3v) is 7.01. The minimum Gasteiger partial charge on any atom is -0.294 e. The molecule has 1 N–H and O–H groups in total. The van der Waals surface area contributed by atoms with Crippen molar-refractivity contribution in [2.24, 2.45) is 5.18 Å². The lowest BCUT2D eigenvalue weighted by atomic mass is 9.89. The van der Waals surface area contributed by atoms with E-state index in [0.29, 0.717) is 22.6 Å². The Morgan fingerprint density at radius 2 is 2.15 bits per heavy atom. The van der Waals surface area contributed by atoms with Crippen LogP contribution in [0, 0.1) is 4.91 Å². The van der Waals surface area contributed by atoms with E-state index < -0.39 is 5.54 Å². The summed E-state index contributed by atoms with van der Waals surface area (Å²) in [5.41, 5.74) is 2.97. The lowest BCUT2D eigenvalue weighted by molar-refractivity contribution is -0.118. The maximum Gasteiger partial charge on any atom is 0.234 e. The molecular weight excluding hydrogens is 378 g/mol. The lowest BCUT2D eigenvalue weighted by Crippen LogP contribution is -2.20. The van der Waals surface area contributed by atoms with E-state index in [4.69, 9.17) is 0 Å². The molecule has 0 saturated heterocycles. The van der Waals surface area contributed by atoms with E-state index in [1.165, 1.54) is 52.8 Å². The van der Waals surface area contributed by atoms with E-state index in [1.807, 2.05) is 0 Å². The molecule has 0 aliphatic heterocycles. The normalized spacial score (nSPS) is 14.4. The fourth-order valence-electron chi connectivity index (χ4n) is 3.08. The van der Waals surface area contributed by atoms with Crippen LogP contribution < -0.4 is 4.72 Å². The zero-order chi connectivity index (χ0) is 19.6. The van der Waals surface area contributed by atoms with Gasteiger partial charge in [0.25, 0.3) is 0 Å². The number of rotatable bonds is 8. The van der Waals surface area contributed by atoms with Gasteiger partial charge in [0.2, 0.25) is 5.91 Å². The van der Waals surface area contributed by atoms with Crippen molar-refractivity contribution in [3.8, 4) is 0 Å². The largest absolute Gasteiger partial charge is 0.294 e. The Kier molecular flexibility index (Phi) is 6.01. The second kappa shape index (κ2) is 8.10. The molecule has 1 amide bonds. The summed E-state index contributed by atoms with van der Waals surface area (Å²) in [6.45, 7) is 7.84. The Bertz CT molecular complexity index is 821. The molecule has 1 aliphatic carbocycles. The maximum absolute atomic E-state index is 12.6. The number of nitroso groups, excluding NO2 is 1. The van der Waals surface area contributed by atoms with Crippen LogP contribution in [0.2, 0.25) is 0 Å². The Morgan fingerprint density at radius 3 is 2.78 bits per heavy atom. The molecule has 0 atom stereocenters. The molecule has 1 aromatic carbocycles. The van der Waals surface area contributed by atoms with Crippen molar-refractivity contribution in [2.75, 3.05) is 0 Å². The number of thiazole rings is 1. The Hall–Kier alpha value is -1.73. The molecule has 1 aliphatic rings. The Balaban J connectivity index is 1.67. The zero-order valence-corrected chi connectivity index (χ0v) is 17.7. The van der Waals surface area contributed by atoms with Crippen LogP contribution in [0.15, 0.2) is 33.9 Å². The van der Waals surface area contributed by atoms with Gasteiger partial charge in [-0.1, -0.05) is 37.2 Å². The monoisotopic (exact) mass is 403 g/mol. The average Bonchev–Trinajstić information content (AvgIpc) is 3.36. The van der Waals surface area contributed by atoms with Crippen LogP contribution in [-0.4, -0.2) is 10.9 Å². The van der Waals surface area contributed by atoms with Gasteiger partial charge in [0.05, 0.1) is 11.3 Å². The number of benzene rings is 1. The van der Waals surface area contributed by atoms with E-state index in [-0.39, 0.29) is 5.91 Å². The molecule has 2 aromatic rings. The highest BCUT2D eigenvalue weighted by molar-refractivity contribution is 7.99. The van der Waals surface area contributed by atoms with Gasteiger partial charge < -0.3 is 0 Å². The van der Waals surface area contributed by atoms with Crippen LogP contribution >= 0.6 is 23.3 Å². The first-order valence-corrected chi connectivity index (χ1v) is 10.8. The van der Waals surface area contributed by atoms with Crippen LogP contribution in [0.1, 0.15) is 73.9 Å². The standard InChI is InChI=1S/C20H25N3O2S2/c1-12(2)14-6-5-7-15(13-8-9-13)16(14)10-18(24)22-27-19-21-11-17(26-19)20(3,4)23-25/h5-7,11-13H,8-10H2,1-4H3,(H,22,24). The van der Waals surface area contributed by atoms with Gasteiger partial charge in [0, 0.05) is 18.1 Å². The second-order valence-electron chi connectivity index (χ2n) is 7.79. The molecular formula is C20H25N3O2S2. The van der Waals surface area contributed by atoms with Gasteiger partial charge in [-0.15, -0.1) is 16.2 Å². The molecule has 1 fully saturated rings. The van der Waals surface area contributed by atoms with Gasteiger partial charge in [-0.3, -0.25) is 9.52 Å². The summed E-state index contributed by atoms with van der Waals surface area (Å²) in [5.74, 6) is 0.969. The smallest absolute Gasteiger partial charge is 0.234 e. The van der Waals surface area contributed by atoms with Crippen molar-refractivity contribution in [2.45, 2.75) is 68.7 Å². The van der Waals surface area contributed by atoms with E-state index in [2.05, 4.69) is 46.9 Å². The third-order valence-electron chi connectivity index (χ3n) is 4.79. The fourth-order valence-corrected chi connectivity index (χ4v) is 4.70. The molecule has 3 rings (SSSR count). The summed E-state index contributed by atoms with van der Waals surface area (Å²) in [7, 11) is 0. The fraction of sp³-hybridized carbons (Fsp3) is 0.500. The summed E-state index contributed by atoms with van der Waals surface area (Å²) in [6.07, 6.45) is 4.47. The predicted molar refractivity (Wildman–Crippen MR) is 111 cm³/mol. The van der Waals surface area contributed by atoms with Crippen LogP contribution in [0.5, 0.6) is 0 Å². The molecule has 0 spiro atoms. The van der Waals surface area contributed by atoms with E-state index >= 15 is 0 Å². The number of nitrogens with zero attached hydrogens (tertiary/aromatic N) is 2. The molecule has 0 unspecified atom stereocenters. The van der Waals surface area contributed by atoms with E-state index in [9.17, 15) is 9.70 Å². The predicted octanol–water partition coefficient (Wildman–Crippen LogP) is 5.51. The molecule has 0 radical (unpaired) electrons. The number of nitrogens with one attached hydrogen (secondary N) is 1. The molecule has 1 saturated carbocycles. The van der Waals surface area contributed by atoms with Gasteiger partial charge in [0.15, 0.2) is 4.34 Å². The summed E-state index contributed by atoms with van der Waals surface area (Å²) in [4.78, 5) is 28.6. The molecule has 0 bridgehead atoms. The first-order chi connectivity index (χ1) is 12.8. The molecule has 1 heterocycles. The molecule has 5 nitrogen and oxygen atoms in total. The molecule has 7 heteroatoms. The van der Waals surface area contributed by atoms with Crippen molar-refractivity contribution < 1.29 is 4.79 Å². The number of hydrogen-bond acceptors (Lipinski definition) is 6. The Morgan fingerprint density at radius 1 is 1.41 bits per heavy atom. The molecule has 144 valence electrons. The van der Waals surface area contributed by atoms with Crippen molar-refractivity contribution >= 4 is 29.2 Å². The quantitative estimate of drug-likeness (QED) is 0.466. The maximum atomic E-state index is 12.6. The van der Waals surface area contributed by atoms with Crippen molar-refractivity contribution in [3.05, 3.63) is 50.9 Å². The second-order valence-corrected chi connectivity index (χ2v) is 9.87. The van der Waals surface area contributed by atoms with Gasteiger partial charge >= 0.3 is 0 Å². The van der Waals surface area contributed by atoms with Gasteiger partial charge in [-0.25, -0.2) is 4.98 Å². The zero-order valence-electron chi connectivity index (χ0n) is 16.1. The SMILES string of the molecule is CC(C)c1cccc(C2CC2)c1CC(=O)NSc1ncc(C(C)(C)N=O)s1. The number of carbonyl (C=O) groups is 1. The summed E-state index contributed by atoms with van der Waals surface area (Å²) >= 11 is 2.59. The van der Waals surface area contributed by atoms with Crippen molar-refractivity contribution in [1.29, 1.82) is 0 Å². The van der Waals surface area contributed by atoms with E-state index in [1.54, 1.807) is 20.0 Å². The van der Waals surface area contributed by atoms with Crippen LogP contribution in [-0.2, 0) is 16.8 Å². The van der Waals surface area contributed by atoms with Crippen molar-refractivity contribution in [3.63, 3.8) is 0 Å². The van der Waals surface area contributed by atoms with Crippen molar-refractivity contribution in [1.82, 2.24) is 9.71 Å². The van der Waals surface area contributed by atoms with Gasteiger partial charge in [-0.05, 0) is 55.2 Å². The van der Waals surface area contributed by atoms with Gasteiger partial charge in [0.1, 0.15) is 5.54 Å². The third kappa shape index (κ3) is 4.76. The first kappa shape index (κ1) is 20.0. The highest BCUT2D eigenvalue weighted by atomic mass is 32.2. The van der Waals surface area contributed by atoms with Gasteiger partial charge in [-0.2, -0.15) is 0 Å².